The van der Waals surface area contributed by atoms with E-state index >= 15 is 0 Å². The van der Waals surface area contributed by atoms with Gasteiger partial charge < -0.3 is 14.8 Å². The minimum absolute atomic E-state index is 0.256. The maximum Gasteiger partial charge on any atom is 0.250 e. The lowest BCUT2D eigenvalue weighted by Gasteiger charge is -2.22. The second-order valence-corrected chi connectivity index (χ2v) is 9.25. The summed E-state index contributed by atoms with van der Waals surface area (Å²) in [6.45, 7) is 5.98. The van der Waals surface area contributed by atoms with Crippen molar-refractivity contribution in [2.45, 2.75) is 24.6 Å². The van der Waals surface area contributed by atoms with E-state index < -0.39 is 10.0 Å². The molecule has 0 aliphatic rings. The van der Waals surface area contributed by atoms with Crippen molar-refractivity contribution >= 4 is 27.3 Å². The Morgan fingerprint density at radius 3 is 2.69 bits per heavy atom. The molecule has 2 rings (SSSR count). The summed E-state index contributed by atoms with van der Waals surface area (Å²) in [6.07, 6.45) is 2.01. The van der Waals surface area contributed by atoms with Crippen LogP contribution in [0.3, 0.4) is 0 Å². The Labute approximate surface area is 159 Å². The molecule has 0 spiro atoms. The minimum atomic E-state index is -3.45. The first-order chi connectivity index (χ1) is 12.3. The second-order valence-electron chi connectivity index (χ2n) is 5.97. The van der Waals surface area contributed by atoms with Crippen molar-refractivity contribution in [3.63, 3.8) is 0 Å². The van der Waals surface area contributed by atoms with Crippen molar-refractivity contribution in [3.05, 3.63) is 41.0 Å². The van der Waals surface area contributed by atoms with Crippen LogP contribution in [0.1, 0.15) is 17.5 Å². The van der Waals surface area contributed by atoms with Crippen LogP contribution in [0, 0.1) is 6.92 Å². The molecule has 0 saturated carbocycles. The van der Waals surface area contributed by atoms with Crippen molar-refractivity contribution in [1.82, 2.24) is 19.5 Å². The number of nitrogens with zero attached hydrogens (tertiary/aromatic N) is 3. The van der Waals surface area contributed by atoms with Gasteiger partial charge in [0.1, 0.15) is 4.21 Å². The molecule has 0 radical (unpaired) electrons. The number of rotatable bonds is 8. The smallest absolute Gasteiger partial charge is 0.250 e. The van der Waals surface area contributed by atoms with E-state index in [9.17, 15) is 8.42 Å². The molecular formula is C17H27N5O2S2. The summed E-state index contributed by atoms with van der Waals surface area (Å²) < 4.78 is 29.5. The lowest BCUT2D eigenvalue weighted by atomic mass is 10.4. The van der Waals surface area contributed by atoms with Crippen LogP contribution in [0.15, 0.2) is 39.7 Å². The predicted octanol–water partition coefficient (Wildman–Crippen LogP) is 1.77. The third-order valence-electron chi connectivity index (χ3n) is 3.79. The Morgan fingerprint density at radius 1 is 1.35 bits per heavy atom. The van der Waals surface area contributed by atoms with Crippen LogP contribution in [0.2, 0.25) is 0 Å². The molecule has 0 unspecified atom stereocenters. The number of hydrogen-bond donors (Lipinski definition) is 2. The second kappa shape index (κ2) is 9.20. The summed E-state index contributed by atoms with van der Waals surface area (Å²) in [7, 11) is 0.519. The van der Waals surface area contributed by atoms with Crippen molar-refractivity contribution in [2.75, 3.05) is 26.7 Å². The third kappa shape index (κ3) is 5.58. The largest absolute Gasteiger partial charge is 0.357 e. The standard InChI is InChI=1S/C17H27N5O2S2/c1-5-18-17(22(4)13-15-7-6-12-21(15)3)19-10-11-20-26(23,24)16-9-8-14(2)25-16/h6-9,12,20H,5,10-11,13H2,1-4H3,(H,18,19). The molecule has 2 N–H and O–H groups in total. The number of aryl methyl sites for hydroxylation is 2. The predicted molar refractivity (Wildman–Crippen MR) is 107 cm³/mol. The first-order valence-corrected chi connectivity index (χ1v) is 10.8. The van der Waals surface area contributed by atoms with E-state index in [-0.39, 0.29) is 6.54 Å². The highest BCUT2D eigenvalue weighted by Crippen LogP contribution is 2.19. The van der Waals surface area contributed by atoms with Crippen LogP contribution >= 0.6 is 11.3 Å². The van der Waals surface area contributed by atoms with Gasteiger partial charge in [-0.1, -0.05) is 0 Å². The van der Waals surface area contributed by atoms with E-state index in [1.165, 1.54) is 17.0 Å². The fourth-order valence-electron chi connectivity index (χ4n) is 2.42. The summed E-state index contributed by atoms with van der Waals surface area (Å²) in [5.74, 6) is 0.750. The topological polar surface area (TPSA) is 78.7 Å². The van der Waals surface area contributed by atoms with Gasteiger partial charge in [0, 0.05) is 44.0 Å². The first-order valence-electron chi connectivity index (χ1n) is 8.49. The van der Waals surface area contributed by atoms with E-state index in [1.54, 1.807) is 12.1 Å². The number of aromatic nitrogens is 1. The van der Waals surface area contributed by atoms with Gasteiger partial charge >= 0.3 is 0 Å². The quantitative estimate of drug-likeness (QED) is 0.404. The molecular weight excluding hydrogens is 370 g/mol. The number of thiophene rings is 1. The van der Waals surface area contributed by atoms with Gasteiger partial charge in [0.05, 0.1) is 13.1 Å². The molecule has 0 aromatic carbocycles. The van der Waals surface area contributed by atoms with Gasteiger partial charge in [0.15, 0.2) is 5.96 Å². The molecule has 2 heterocycles. The zero-order chi connectivity index (χ0) is 19.2. The fourth-order valence-corrected chi connectivity index (χ4v) is 4.77. The Kier molecular flexibility index (Phi) is 7.24. The molecule has 0 atom stereocenters. The van der Waals surface area contributed by atoms with Gasteiger partial charge in [-0.3, -0.25) is 4.99 Å². The summed E-state index contributed by atoms with van der Waals surface area (Å²) in [4.78, 5) is 7.52. The van der Waals surface area contributed by atoms with E-state index in [4.69, 9.17) is 0 Å². The molecule has 9 heteroatoms. The first kappa shape index (κ1) is 20.5. The van der Waals surface area contributed by atoms with Gasteiger partial charge in [-0.25, -0.2) is 13.1 Å². The lowest BCUT2D eigenvalue weighted by molar-refractivity contribution is 0.462. The van der Waals surface area contributed by atoms with E-state index in [0.717, 1.165) is 23.9 Å². The summed E-state index contributed by atoms with van der Waals surface area (Å²) in [6, 6.07) is 7.51. The normalized spacial score (nSPS) is 12.4. The van der Waals surface area contributed by atoms with Crippen molar-refractivity contribution < 1.29 is 8.42 Å². The van der Waals surface area contributed by atoms with Crippen LogP contribution < -0.4 is 10.0 Å². The number of aliphatic imine (C=N–C) groups is 1. The van der Waals surface area contributed by atoms with Gasteiger partial charge in [-0.15, -0.1) is 11.3 Å². The Hall–Kier alpha value is -1.84. The number of sulfonamides is 1. The SMILES string of the molecule is CCNC(=NCCNS(=O)(=O)c1ccc(C)s1)N(C)Cc1cccn1C. The Balaban J connectivity index is 1.93. The molecule has 2 aromatic heterocycles. The van der Waals surface area contributed by atoms with Gasteiger partial charge in [-0.05, 0) is 38.1 Å². The monoisotopic (exact) mass is 397 g/mol. The highest BCUT2D eigenvalue weighted by Gasteiger charge is 2.15. The van der Waals surface area contributed by atoms with E-state index in [1.807, 2.05) is 45.1 Å². The maximum absolute atomic E-state index is 12.2. The Morgan fingerprint density at radius 2 is 2.12 bits per heavy atom. The van der Waals surface area contributed by atoms with Crippen molar-refractivity contribution in [3.8, 4) is 0 Å². The number of guanidine groups is 1. The van der Waals surface area contributed by atoms with Crippen LogP contribution in [0.25, 0.3) is 0 Å². The average molecular weight is 398 g/mol. The highest BCUT2D eigenvalue weighted by molar-refractivity contribution is 7.91. The lowest BCUT2D eigenvalue weighted by Crippen LogP contribution is -2.39. The molecule has 0 bridgehead atoms. The molecule has 0 fully saturated rings. The fraction of sp³-hybridized carbons (Fsp3) is 0.471. The summed E-state index contributed by atoms with van der Waals surface area (Å²) >= 11 is 1.27. The maximum atomic E-state index is 12.2. The molecule has 0 saturated heterocycles. The molecule has 144 valence electrons. The van der Waals surface area contributed by atoms with Gasteiger partial charge in [-0.2, -0.15) is 0 Å². The number of nitrogens with one attached hydrogen (secondary N) is 2. The van der Waals surface area contributed by atoms with E-state index in [0.29, 0.717) is 10.8 Å². The van der Waals surface area contributed by atoms with Gasteiger partial charge in [0.2, 0.25) is 10.0 Å². The molecule has 0 amide bonds. The summed E-state index contributed by atoms with van der Waals surface area (Å²) in [5.41, 5.74) is 1.17. The summed E-state index contributed by atoms with van der Waals surface area (Å²) in [5, 5.41) is 3.24. The van der Waals surface area contributed by atoms with Crippen LogP contribution in [-0.2, 0) is 23.6 Å². The van der Waals surface area contributed by atoms with Crippen molar-refractivity contribution in [2.24, 2.45) is 12.0 Å². The average Bonchev–Trinajstić information content (AvgIpc) is 3.19. The van der Waals surface area contributed by atoms with Crippen LogP contribution in [-0.4, -0.2) is 50.5 Å². The highest BCUT2D eigenvalue weighted by atomic mass is 32.2. The Bertz CT molecular complexity index is 839. The zero-order valence-electron chi connectivity index (χ0n) is 15.7. The zero-order valence-corrected chi connectivity index (χ0v) is 17.3. The third-order valence-corrected chi connectivity index (χ3v) is 6.75. The molecule has 2 aromatic rings. The molecule has 0 aliphatic carbocycles. The molecule has 0 aliphatic heterocycles. The van der Waals surface area contributed by atoms with Crippen LogP contribution in [0.4, 0.5) is 0 Å². The number of hydrogen-bond acceptors (Lipinski definition) is 4. The molecule has 26 heavy (non-hydrogen) atoms. The van der Waals surface area contributed by atoms with Crippen molar-refractivity contribution in [1.29, 1.82) is 0 Å². The molecule has 7 nitrogen and oxygen atoms in total. The van der Waals surface area contributed by atoms with Gasteiger partial charge in [0.25, 0.3) is 0 Å². The minimum Gasteiger partial charge on any atom is -0.357 e. The van der Waals surface area contributed by atoms with Crippen LogP contribution in [0.5, 0.6) is 0 Å². The van der Waals surface area contributed by atoms with E-state index in [2.05, 4.69) is 25.7 Å².